The van der Waals surface area contributed by atoms with Crippen molar-refractivity contribution in [2.45, 2.75) is 58.5 Å². The van der Waals surface area contributed by atoms with Crippen LogP contribution < -0.4 is 5.56 Å². The molecule has 5 nitrogen and oxygen atoms in total. The van der Waals surface area contributed by atoms with E-state index in [9.17, 15) is 9.59 Å². The van der Waals surface area contributed by atoms with Crippen molar-refractivity contribution in [1.82, 2.24) is 14.5 Å². The highest BCUT2D eigenvalue weighted by atomic mass is 32.2. The number of amides is 1. The molecule has 1 atom stereocenters. The van der Waals surface area contributed by atoms with Crippen LogP contribution in [-0.2, 0) is 11.3 Å². The van der Waals surface area contributed by atoms with Gasteiger partial charge in [-0.1, -0.05) is 11.8 Å². The summed E-state index contributed by atoms with van der Waals surface area (Å²) in [6.45, 7) is 13.7. The summed E-state index contributed by atoms with van der Waals surface area (Å²) in [7, 11) is 0. The molecule has 0 radical (unpaired) electrons. The van der Waals surface area contributed by atoms with Gasteiger partial charge in [-0.05, 0) is 47.1 Å². The van der Waals surface area contributed by atoms with Crippen molar-refractivity contribution < 1.29 is 4.79 Å². The largest absolute Gasteiger partial charge is 0.342 e. The maximum absolute atomic E-state index is 12.8. The van der Waals surface area contributed by atoms with Gasteiger partial charge in [0.05, 0.1) is 10.6 Å². The Labute approximate surface area is 151 Å². The van der Waals surface area contributed by atoms with E-state index in [0.717, 1.165) is 15.3 Å². The first-order valence-electron chi connectivity index (χ1n) is 8.31. The van der Waals surface area contributed by atoms with Gasteiger partial charge in [-0.15, -0.1) is 11.3 Å². The highest BCUT2D eigenvalue weighted by Crippen LogP contribution is 2.30. The standard InChI is InChI=1S/C17H25N3O2S2/c1-7-19(8-2)15(21)12(6)24-17-18-14-13(10(4)11(5)23-14)16(22)20(17)9-3/h12H,7-9H2,1-6H3. The third-order valence-electron chi connectivity index (χ3n) is 4.28. The first-order chi connectivity index (χ1) is 11.3. The number of thiophene rings is 1. The van der Waals surface area contributed by atoms with Crippen molar-refractivity contribution in [3.8, 4) is 0 Å². The average molecular weight is 368 g/mol. The lowest BCUT2D eigenvalue weighted by Gasteiger charge is -2.22. The molecule has 24 heavy (non-hydrogen) atoms. The zero-order valence-corrected chi connectivity index (χ0v) is 16.8. The van der Waals surface area contributed by atoms with Gasteiger partial charge >= 0.3 is 0 Å². The van der Waals surface area contributed by atoms with Crippen LogP contribution in [-0.4, -0.2) is 38.7 Å². The van der Waals surface area contributed by atoms with Crippen LogP contribution in [0.3, 0.4) is 0 Å². The van der Waals surface area contributed by atoms with Gasteiger partial charge in [0.1, 0.15) is 4.83 Å². The Morgan fingerprint density at radius 2 is 1.92 bits per heavy atom. The molecular formula is C17H25N3O2S2. The molecule has 2 rings (SSSR count). The molecule has 7 heteroatoms. The Hall–Kier alpha value is -1.34. The monoisotopic (exact) mass is 367 g/mol. The third-order valence-corrected chi connectivity index (χ3v) is 6.45. The van der Waals surface area contributed by atoms with E-state index in [2.05, 4.69) is 0 Å². The number of carbonyl (C=O) groups excluding carboxylic acids is 1. The van der Waals surface area contributed by atoms with Crippen molar-refractivity contribution in [3.63, 3.8) is 0 Å². The number of fused-ring (bicyclic) bond motifs is 1. The molecule has 0 fully saturated rings. The molecule has 2 heterocycles. The molecule has 0 aromatic carbocycles. The third kappa shape index (κ3) is 3.37. The summed E-state index contributed by atoms with van der Waals surface area (Å²) >= 11 is 2.92. The van der Waals surface area contributed by atoms with Crippen molar-refractivity contribution in [3.05, 3.63) is 20.8 Å². The van der Waals surface area contributed by atoms with E-state index in [-0.39, 0.29) is 16.7 Å². The number of hydrogen-bond donors (Lipinski definition) is 0. The summed E-state index contributed by atoms with van der Waals surface area (Å²) < 4.78 is 1.68. The van der Waals surface area contributed by atoms with Gasteiger partial charge in [0.15, 0.2) is 5.16 Å². The molecular weight excluding hydrogens is 342 g/mol. The van der Waals surface area contributed by atoms with E-state index in [0.29, 0.717) is 30.2 Å². The number of rotatable bonds is 6. The predicted octanol–water partition coefficient (Wildman–Crippen LogP) is 3.44. The van der Waals surface area contributed by atoms with Crippen molar-refractivity contribution in [1.29, 1.82) is 0 Å². The lowest BCUT2D eigenvalue weighted by molar-refractivity contribution is -0.129. The Bertz CT molecular complexity index is 806. The smallest absolute Gasteiger partial charge is 0.263 e. The predicted molar refractivity (Wildman–Crippen MR) is 102 cm³/mol. The molecule has 1 unspecified atom stereocenters. The van der Waals surface area contributed by atoms with E-state index in [1.165, 1.54) is 11.8 Å². The molecule has 0 aliphatic carbocycles. The quantitative estimate of drug-likeness (QED) is 0.580. The fourth-order valence-corrected chi connectivity index (χ4v) is 4.81. The van der Waals surface area contributed by atoms with Crippen LogP contribution in [0.1, 0.15) is 38.1 Å². The lowest BCUT2D eigenvalue weighted by Crippen LogP contribution is -2.36. The molecule has 0 aliphatic rings. The van der Waals surface area contributed by atoms with Crippen LogP contribution in [0.4, 0.5) is 0 Å². The Kier molecular flexibility index (Phi) is 6.09. The van der Waals surface area contributed by atoms with Crippen LogP contribution >= 0.6 is 23.1 Å². The fraction of sp³-hybridized carbons (Fsp3) is 0.588. The second-order valence-electron chi connectivity index (χ2n) is 5.68. The topological polar surface area (TPSA) is 55.2 Å². The zero-order valence-electron chi connectivity index (χ0n) is 15.2. The van der Waals surface area contributed by atoms with Gasteiger partial charge in [0.2, 0.25) is 5.91 Å². The number of aryl methyl sites for hydroxylation is 2. The molecule has 2 aromatic rings. The highest BCUT2D eigenvalue weighted by Gasteiger charge is 2.23. The molecule has 2 aromatic heterocycles. The summed E-state index contributed by atoms with van der Waals surface area (Å²) in [4.78, 5) is 33.7. The van der Waals surface area contributed by atoms with Gasteiger partial charge in [-0.3, -0.25) is 14.2 Å². The van der Waals surface area contributed by atoms with Crippen molar-refractivity contribution in [2.24, 2.45) is 0 Å². The maximum atomic E-state index is 12.8. The summed E-state index contributed by atoms with van der Waals surface area (Å²) in [6, 6.07) is 0. The van der Waals surface area contributed by atoms with E-state index in [1.54, 1.807) is 15.9 Å². The highest BCUT2D eigenvalue weighted by molar-refractivity contribution is 8.00. The number of aromatic nitrogens is 2. The molecule has 0 bridgehead atoms. The number of hydrogen-bond acceptors (Lipinski definition) is 5. The maximum Gasteiger partial charge on any atom is 0.263 e. The normalized spacial score (nSPS) is 12.6. The van der Waals surface area contributed by atoms with Gasteiger partial charge in [-0.25, -0.2) is 4.98 Å². The van der Waals surface area contributed by atoms with Gasteiger partial charge in [-0.2, -0.15) is 0 Å². The van der Waals surface area contributed by atoms with Gasteiger partial charge in [0, 0.05) is 24.5 Å². The van der Waals surface area contributed by atoms with Crippen molar-refractivity contribution in [2.75, 3.05) is 13.1 Å². The number of nitrogens with zero attached hydrogens (tertiary/aromatic N) is 3. The van der Waals surface area contributed by atoms with Crippen LogP contribution in [0.25, 0.3) is 10.2 Å². The first-order valence-corrected chi connectivity index (χ1v) is 10.0. The van der Waals surface area contributed by atoms with E-state index < -0.39 is 0 Å². The average Bonchev–Trinajstić information content (AvgIpc) is 2.83. The summed E-state index contributed by atoms with van der Waals surface area (Å²) in [6.07, 6.45) is 0. The minimum atomic E-state index is -0.269. The Morgan fingerprint density at radius 1 is 1.29 bits per heavy atom. The van der Waals surface area contributed by atoms with Gasteiger partial charge < -0.3 is 4.90 Å². The molecule has 0 saturated carbocycles. The summed E-state index contributed by atoms with van der Waals surface area (Å²) in [5.74, 6) is 0.0838. The summed E-state index contributed by atoms with van der Waals surface area (Å²) in [5, 5.41) is 1.07. The molecule has 0 aliphatic heterocycles. The van der Waals surface area contributed by atoms with Crippen LogP contribution in [0.15, 0.2) is 9.95 Å². The first kappa shape index (κ1) is 19.0. The SMILES string of the molecule is CCN(CC)C(=O)C(C)Sc1nc2sc(C)c(C)c2c(=O)n1CC. The number of carbonyl (C=O) groups is 1. The number of thioether (sulfide) groups is 1. The van der Waals surface area contributed by atoms with E-state index >= 15 is 0 Å². The van der Waals surface area contributed by atoms with E-state index in [4.69, 9.17) is 4.98 Å². The second-order valence-corrected chi connectivity index (χ2v) is 8.19. The molecule has 132 valence electrons. The molecule has 1 amide bonds. The molecule has 0 spiro atoms. The van der Waals surface area contributed by atoms with E-state index in [1.807, 2.05) is 46.4 Å². The zero-order chi connectivity index (χ0) is 18.0. The van der Waals surface area contributed by atoms with Crippen LogP contribution in [0.2, 0.25) is 0 Å². The second kappa shape index (κ2) is 7.70. The summed E-state index contributed by atoms with van der Waals surface area (Å²) in [5.41, 5.74) is 1.01. The molecule has 0 N–H and O–H groups in total. The van der Waals surface area contributed by atoms with Gasteiger partial charge in [0.25, 0.3) is 5.56 Å². The minimum Gasteiger partial charge on any atom is -0.342 e. The minimum absolute atomic E-state index is 0.00524. The van der Waals surface area contributed by atoms with Crippen LogP contribution in [0, 0.1) is 13.8 Å². The Balaban J connectivity index is 2.45. The van der Waals surface area contributed by atoms with Crippen molar-refractivity contribution >= 4 is 39.2 Å². The lowest BCUT2D eigenvalue weighted by atomic mass is 10.2. The molecule has 0 saturated heterocycles. The fourth-order valence-electron chi connectivity index (χ4n) is 2.68. The Morgan fingerprint density at radius 3 is 2.46 bits per heavy atom. The van der Waals surface area contributed by atoms with Crippen LogP contribution in [0.5, 0.6) is 0 Å².